The normalized spacial score (nSPS) is 10.5. The topological polar surface area (TPSA) is 42.4 Å². The molecule has 0 aliphatic carbocycles. The van der Waals surface area contributed by atoms with Gasteiger partial charge in [0.15, 0.2) is 0 Å². The highest BCUT2D eigenvalue weighted by atomic mass is 19.1. The van der Waals surface area contributed by atoms with Gasteiger partial charge >= 0.3 is 0 Å². The lowest BCUT2D eigenvalue weighted by molar-refractivity contribution is 0.229. The fraction of sp³-hybridized carbons (Fsp3) is 0.444. The van der Waals surface area contributed by atoms with Crippen molar-refractivity contribution in [3.8, 4) is 5.88 Å². The Morgan fingerprint density at radius 3 is 2.85 bits per heavy atom. The first-order valence-corrected chi connectivity index (χ1v) is 4.05. The van der Waals surface area contributed by atoms with Gasteiger partial charge in [0.2, 0.25) is 5.88 Å². The smallest absolute Gasteiger partial charge is 0.213 e. The molecule has 0 saturated heterocycles. The van der Waals surface area contributed by atoms with E-state index in [1.807, 2.05) is 13.8 Å². The molecule has 72 valence electrons. The van der Waals surface area contributed by atoms with Gasteiger partial charge in [0.05, 0.1) is 18.9 Å². The quantitative estimate of drug-likeness (QED) is 0.775. The number of hydrogen-bond donors (Lipinski definition) is 1. The number of aliphatic hydroxyl groups is 1. The van der Waals surface area contributed by atoms with Crippen LogP contribution in [0.1, 0.15) is 19.4 Å². The monoisotopic (exact) mass is 185 g/mol. The van der Waals surface area contributed by atoms with Crippen molar-refractivity contribution < 1.29 is 14.2 Å². The van der Waals surface area contributed by atoms with Crippen molar-refractivity contribution in [3.05, 3.63) is 23.6 Å². The molecule has 0 atom stereocenters. The lowest BCUT2D eigenvalue weighted by atomic mass is 10.3. The van der Waals surface area contributed by atoms with Crippen LogP contribution in [0.25, 0.3) is 0 Å². The van der Waals surface area contributed by atoms with Crippen LogP contribution in [-0.2, 0) is 6.61 Å². The third-order valence-corrected chi connectivity index (χ3v) is 1.44. The average molecular weight is 185 g/mol. The summed E-state index contributed by atoms with van der Waals surface area (Å²) in [5, 5.41) is 8.75. The number of nitrogens with zero attached hydrogens (tertiary/aromatic N) is 1. The summed E-state index contributed by atoms with van der Waals surface area (Å²) in [4.78, 5) is 3.72. The van der Waals surface area contributed by atoms with Crippen LogP contribution in [-0.4, -0.2) is 16.2 Å². The molecule has 0 bridgehead atoms. The molecule has 1 aromatic heterocycles. The second-order valence-electron chi connectivity index (χ2n) is 2.94. The Balaban J connectivity index is 2.86. The molecule has 3 nitrogen and oxygen atoms in total. The minimum Gasteiger partial charge on any atom is -0.475 e. The van der Waals surface area contributed by atoms with Gasteiger partial charge < -0.3 is 9.84 Å². The standard InChI is InChI=1S/C9H12FNO2/c1-6(2)13-9-3-7(5-12)8(10)4-11-9/h3-4,6,12H,5H2,1-2H3. The molecule has 13 heavy (non-hydrogen) atoms. The van der Waals surface area contributed by atoms with E-state index < -0.39 is 5.82 Å². The first-order chi connectivity index (χ1) is 6.13. The highest BCUT2D eigenvalue weighted by molar-refractivity contribution is 5.21. The second kappa shape index (κ2) is 4.18. The maximum absolute atomic E-state index is 12.8. The number of halogens is 1. The van der Waals surface area contributed by atoms with Gasteiger partial charge in [-0.3, -0.25) is 0 Å². The van der Waals surface area contributed by atoms with Crippen LogP contribution in [0.4, 0.5) is 4.39 Å². The number of hydrogen-bond acceptors (Lipinski definition) is 3. The zero-order valence-corrected chi connectivity index (χ0v) is 7.62. The molecule has 0 radical (unpaired) electrons. The summed E-state index contributed by atoms with van der Waals surface area (Å²) in [6, 6.07) is 1.40. The molecule has 0 spiro atoms. The molecule has 1 N–H and O–H groups in total. The van der Waals surface area contributed by atoms with Crippen molar-refractivity contribution in [1.82, 2.24) is 4.98 Å². The molecular weight excluding hydrogens is 173 g/mol. The highest BCUT2D eigenvalue weighted by Crippen LogP contribution is 2.14. The van der Waals surface area contributed by atoms with Crippen LogP contribution in [0.2, 0.25) is 0 Å². The van der Waals surface area contributed by atoms with E-state index in [1.165, 1.54) is 6.07 Å². The summed E-state index contributed by atoms with van der Waals surface area (Å²) in [6.45, 7) is 3.36. The molecule has 0 aromatic carbocycles. The summed E-state index contributed by atoms with van der Waals surface area (Å²) in [5.41, 5.74) is 0.200. The first-order valence-electron chi connectivity index (χ1n) is 4.05. The Bertz CT molecular complexity index is 289. The molecular formula is C9H12FNO2. The van der Waals surface area contributed by atoms with Gasteiger partial charge in [-0.05, 0) is 13.8 Å². The van der Waals surface area contributed by atoms with Crippen LogP contribution < -0.4 is 4.74 Å². The van der Waals surface area contributed by atoms with Gasteiger partial charge in [-0.15, -0.1) is 0 Å². The van der Waals surface area contributed by atoms with Crippen molar-refractivity contribution >= 4 is 0 Å². The zero-order valence-electron chi connectivity index (χ0n) is 7.62. The fourth-order valence-corrected chi connectivity index (χ4v) is 0.886. The van der Waals surface area contributed by atoms with Crippen molar-refractivity contribution in [2.45, 2.75) is 26.6 Å². The molecule has 0 unspecified atom stereocenters. The van der Waals surface area contributed by atoms with E-state index in [0.717, 1.165) is 6.20 Å². The lowest BCUT2D eigenvalue weighted by Crippen LogP contribution is -2.07. The Morgan fingerprint density at radius 2 is 2.31 bits per heavy atom. The molecule has 1 heterocycles. The van der Waals surface area contributed by atoms with Crippen molar-refractivity contribution in [2.24, 2.45) is 0 Å². The summed E-state index contributed by atoms with van der Waals surface area (Å²) < 4.78 is 18.1. The van der Waals surface area contributed by atoms with Crippen LogP contribution >= 0.6 is 0 Å². The molecule has 0 aliphatic rings. The van der Waals surface area contributed by atoms with Crippen molar-refractivity contribution in [1.29, 1.82) is 0 Å². The number of ether oxygens (including phenoxy) is 1. The van der Waals surface area contributed by atoms with Crippen LogP contribution in [0.15, 0.2) is 12.3 Å². The van der Waals surface area contributed by atoms with E-state index in [0.29, 0.717) is 5.88 Å². The maximum Gasteiger partial charge on any atom is 0.213 e. The van der Waals surface area contributed by atoms with Gasteiger partial charge in [0.1, 0.15) is 5.82 Å². The van der Waals surface area contributed by atoms with E-state index in [4.69, 9.17) is 9.84 Å². The Kier molecular flexibility index (Phi) is 3.19. The Morgan fingerprint density at radius 1 is 1.62 bits per heavy atom. The Labute approximate surface area is 76.2 Å². The van der Waals surface area contributed by atoms with Crippen LogP contribution in [0.3, 0.4) is 0 Å². The van der Waals surface area contributed by atoms with Gasteiger partial charge in [0.25, 0.3) is 0 Å². The maximum atomic E-state index is 12.8. The van der Waals surface area contributed by atoms with Crippen molar-refractivity contribution in [3.63, 3.8) is 0 Å². The van der Waals surface area contributed by atoms with Gasteiger partial charge in [-0.25, -0.2) is 9.37 Å². The van der Waals surface area contributed by atoms with E-state index in [-0.39, 0.29) is 18.3 Å². The zero-order chi connectivity index (χ0) is 9.84. The Hall–Kier alpha value is -1.16. The summed E-state index contributed by atoms with van der Waals surface area (Å²) in [6.07, 6.45) is 1.04. The highest BCUT2D eigenvalue weighted by Gasteiger charge is 2.05. The molecule has 4 heteroatoms. The first kappa shape index (κ1) is 9.92. The summed E-state index contributed by atoms with van der Waals surface area (Å²) in [7, 11) is 0. The van der Waals surface area contributed by atoms with Gasteiger partial charge in [-0.1, -0.05) is 0 Å². The number of aliphatic hydroxyl groups excluding tert-OH is 1. The molecule has 0 amide bonds. The lowest BCUT2D eigenvalue weighted by Gasteiger charge is -2.09. The number of rotatable bonds is 3. The van der Waals surface area contributed by atoms with Crippen LogP contribution in [0.5, 0.6) is 5.88 Å². The summed E-state index contributed by atoms with van der Waals surface area (Å²) >= 11 is 0. The third-order valence-electron chi connectivity index (χ3n) is 1.44. The fourth-order valence-electron chi connectivity index (χ4n) is 0.886. The predicted molar refractivity (Wildman–Crippen MR) is 45.9 cm³/mol. The molecule has 0 aliphatic heterocycles. The van der Waals surface area contributed by atoms with E-state index in [1.54, 1.807) is 0 Å². The SMILES string of the molecule is CC(C)Oc1cc(CO)c(F)cn1. The molecule has 1 aromatic rings. The number of aromatic nitrogens is 1. The third kappa shape index (κ3) is 2.66. The van der Waals surface area contributed by atoms with Gasteiger partial charge in [0, 0.05) is 11.6 Å². The predicted octanol–water partition coefficient (Wildman–Crippen LogP) is 1.50. The van der Waals surface area contributed by atoms with E-state index in [2.05, 4.69) is 4.98 Å². The minimum atomic E-state index is -0.515. The van der Waals surface area contributed by atoms with E-state index in [9.17, 15) is 4.39 Å². The average Bonchev–Trinajstić information content (AvgIpc) is 2.07. The largest absolute Gasteiger partial charge is 0.475 e. The molecule has 0 saturated carbocycles. The van der Waals surface area contributed by atoms with E-state index >= 15 is 0 Å². The van der Waals surface area contributed by atoms with Crippen LogP contribution in [0, 0.1) is 5.82 Å². The molecule has 0 fully saturated rings. The second-order valence-corrected chi connectivity index (χ2v) is 2.94. The van der Waals surface area contributed by atoms with Crippen molar-refractivity contribution in [2.75, 3.05) is 0 Å². The minimum absolute atomic E-state index is 0.00972. The van der Waals surface area contributed by atoms with Gasteiger partial charge in [-0.2, -0.15) is 0 Å². The number of pyridine rings is 1. The molecule has 1 rings (SSSR count). The summed E-state index contributed by atoms with van der Waals surface area (Å²) in [5.74, 6) is -0.181.